The van der Waals surface area contributed by atoms with Crippen LogP contribution in [-0.2, 0) is 6.54 Å². The lowest BCUT2D eigenvalue weighted by molar-refractivity contribution is 0.581. The first-order valence-corrected chi connectivity index (χ1v) is 7.16. The van der Waals surface area contributed by atoms with Crippen molar-refractivity contribution >= 4 is 27.5 Å². The second kappa shape index (κ2) is 5.08. The van der Waals surface area contributed by atoms with E-state index in [-0.39, 0.29) is 0 Å². The highest BCUT2D eigenvalue weighted by atomic mass is 79.9. The molecule has 0 saturated heterocycles. The molecule has 94 valence electrons. The Bertz CT molecular complexity index is 563. The first-order valence-electron chi connectivity index (χ1n) is 5.99. The van der Waals surface area contributed by atoms with E-state index in [1.807, 2.05) is 18.2 Å². The van der Waals surface area contributed by atoms with Crippen LogP contribution in [0.25, 0.3) is 11.3 Å². The van der Waals surface area contributed by atoms with Gasteiger partial charge in [-0.1, -0.05) is 17.7 Å². The summed E-state index contributed by atoms with van der Waals surface area (Å²) in [4.78, 5) is 0. The Labute approximate surface area is 119 Å². The van der Waals surface area contributed by atoms with Crippen molar-refractivity contribution in [3.8, 4) is 11.3 Å². The Morgan fingerprint density at radius 3 is 2.78 bits per heavy atom. The van der Waals surface area contributed by atoms with Crippen LogP contribution in [0.3, 0.4) is 0 Å². The fourth-order valence-corrected chi connectivity index (χ4v) is 2.59. The minimum atomic E-state index is 0.711. The Hall–Kier alpha value is -0.770. The monoisotopic (exact) mass is 325 g/mol. The van der Waals surface area contributed by atoms with Gasteiger partial charge in [0.1, 0.15) is 5.76 Å². The lowest BCUT2D eigenvalue weighted by atomic mass is 10.1. The quantitative estimate of drug-likeness (QED) is 0.887. The standard InChI is InChI=1S/C14H13BrClNO/c15-12-5-6-18-14(12)11-4-1-9(7-13(11)16)8-17-10-2-3-10/h1,4-7,10,17H,2-3,8H2. The highest BCUT2D eigenvalue weighted by molar-refractivity contribution is 9.10. The first-order chi connectivity index (χ1) is 8.74. The van der Waals surface area contributed by atoms with E-state index in [4.69, 9.17) is 16.0 Å². The Kier molecular flexibility index (Phi) is 3.46. The molecule has 3 rings (SSSR count). The largest absolute Gasteiger partial charge is 0.463 e. The third-order valence-corrected chi connectivity index (χ3v) is 4.00. The minimum Gasteiger partial charge on any atom is -0.463 e. The molecule has 1 aromatic heterocycles. The van der Waals surface area contributed by atoms with Gasteiger partial charge >= 0.3 is 0 Å². The van der Waals surface area contributed by atoms with Crippen molar-refractivity contribution in [2.75, 3.05) is 0 Å². The molecule has 1 saturated carbocycles. The third-order valence-electron chi connectivity index (χ3n) is 3.07. The molecule has 0 aliphatic heterocycles. The molecule has 0 bridgehead atoms. The van der Waals surface area contributed by atoms with Crippen molar-refractivity contribution in [2.24, 2.45) is 0 Å². The molecule has 0 amide bonds. The Morgan fingerprint density at radius 2 is 2.17 bits per heavy atom. The zero-order valence-electron chi connectivity index (χ0n) is 9.75. The number of benzene rings is 1. The maximum absolute atomic E-state index is 6.32. The zero-order chi connectivity index (χ0) is 12.5. The van der Waals surface area contributed by atoms with Crippen molar-refractivity contribution < 1.29 is 4.42 Å². The van der Waals surface area contributed by atoms with Crippen LogP contribution >= 0.6 is 27.5 Å². The summed E-state index contributed by atoms with van der Waals surface area (Å²) in [5.41, 5.74) is 2.13. The van der Waals surface area contributed by atoms with Gasteiger partial charge < -0.3 is 9.73 Å². The van der Waals surface area contributed by atoms with Crippen LogP contribution in [-0.4, -0.2) is 6.04 Å². The van der Waals surface area contributed by atoms with E-state index >= 15 is 0 Å². The molecule has 4 heteroatoms. The molecule has 1 aromatic carbocycles. The van der Waals surface area contributed by atoms with Crippen LogP contribution < -0.4 is 5.32 Å². The summed E-state index contributed by atoms with van der Waals surface area (Å²) < 4.78 is 6.36. The molecule has 1 aliphatic carbocycles. The molecule has 0 unspecified atom stereocenters. The fourth-order valence-electron chi connectivity index (χ4n) is 1.89. The van der Waals surface area contributed by atoms with E-state index in [9.17, 15) is 0 Å². The maximum Gasteiger partial charge on any atom is 0.149 e. The molecular weight excluding hydrogens is 314 g/mol. The topological polar surface area (TPSA) is 25.2 Å². The lowest BCUT2D eigenvalue weighted by Crippen LogP contribution is -2.15. The summed E-state index contributed by atoms with van der Waals surface area (Å²) in [6.07, 6.45) is 4.24. The van der Waals surface area contributed by atoms with Gasteiger partial charge in [-0.05, 0) is 52.5 Å². The molecule has 0 spiro atoms. The molecule has 0 atom stereocenters. The van der Waals surface area contributed by atoms with Crippen molar-refractivity contribution in [1.29, 1.82) is 0 Å². The minimum absolute atomic E-state index is 0.711. The van der Waals surface area contributed by atoms with Gasteiger partial charge in [0, 0.05) is 18.2 Å². The molecule has 2 aromatic rings. The Balaban J connectivity index is 1.82. The average molecular weight is 327 g/mol. The number of hydrogen-bond acceptors (Lipinski definition) is 2. The summed E-state index contributed by atoms with van der Waals surface area (Å²) in [6.45, 7) is 0.879. The number of furan rings is 1. The van der Waals surface area contributed by atoms with Crippen LogP contribution in [0.4, 0.5) is 0 Å². The average Bonchev–Trinajstić information content (AvgIpc) is 3.09. The first kappa shape index (κ1) is 12.3. The molecule has 0 radical (unpaired) electrons. The molecule has 1 heterocycles. The van der Waals surface area contributed by atoms with Gasteiger partial charge in [0.25, 0.3) is 0 Å². The van der Waals surface area contributed by atoms with Crippen molar-refractivity contribution in [2.45, 2.75) is 25.4 Å². The molecule has 18 heavy (non-hydrogen) atoms. The van der Waals surface area contributed by atoms with Crippen LogP contribution in [0, 0.1) is 0 Å². The summed E-state index contributed by atoms with van der Waals surface area (Å²) in [5, 5.41) is 4.20. The fraction of sp³-hybridized carbons (Fsp3) is 0.286. The van der Waals surface area contributed by atoms with E-state index in [0.717, 1.165) is 27.4 Å². The number of halogens is 2. The maximum atomic E-state index is 6.32. The SMILES string of the molecule is Clc1cc(CNC2CC2)ccc1-c1occc1Br. The van der Waals surface area contributed by atoms with Gasteiger partial charge in [0.2, 0.25) is 0 Å². The Morgan fingerprint density at radius 1 is 1.33 bits per heavy atom. The van der Waals surface area contributed by atoms with Crippen LogP contribution in [0.5, 0.6) is 0 Å². The van der Waals surface area contributed by atoms with Gasteiger partial charge in [-0.15, -0.1) is 0 Å². The molecule has 1 aliphatic rings. The van der Waals surface area contributed by atoms with Crippen molar-refractivity contribution in [1.82, 2.24) is 5.32 Å². The number of nitrogens with one attached hydrogen (secondary N) is 1. The number of hydrogen-bond donors (Lipinski definition) is 1. The van der Waals surface area contributed by atoms with Gasteiger partial charge in [0.15, 0.2) is 0 Å². The van der Waals surface area contributed by atoms with Crippen molar-refractivity contribution in [3.05, 3.63) is 45.6 Å². The third kappa shape index (κ3) is 2.63. The second-order valence-corrected chi connectivity index (χ2v) is 5.83. The molecule has 2 nitrogen and oxygen atoms in total. The van der Waals surface area contributed by atoms with E-state index in [0.29, 0.717) is 6.04 Å². The molecule has 1 N–H and O–H groups in total. The highest BCUT2D eigenvalue weighted by Crippen LogP contribution is 2.34. The normalized spacial score (nSPS) is 15.0. The van der Waals surface area contributed by atoms with Gasteiger partial charge in [-0.25, -0.2) is 0 Å². The van der Waals surface area contributed by atoms with E-state index in [1.54, 1.807) is 6.26 Å². The van der Waals surface area contributed by atoms with Gasteiger partial charge in [-0.2, -0.15) is 0 Å². The summed E-state index contributed by atoms with van der Waals surface area (Å²) >= 11 is 9.76. The van der Waals surface area contributed by atoms with Crippen LogP contribution in [0.2, 0.25) is 5.02 Å². The lowest BCUT2D eigenvalue weighted by Gasteiger charge is -2.07. The van der Waals surface area contributed by atoms with Crippen LogP contribution in [0.15, 0.2) is 39.4 Å². The van der Waals surface area contributed by atoms with Crippen molar-refractivity contribution in [3.63, 3.8) is 0 Å². The zero-order valence-corrected chi connectivity index (χ0v) is 12.1. The van der Waals surface area contributed by atoms with E-state index in [2.05, 4.69) is 27.3 Å². The van der Waals surface area contributed by atoms with E-state index < -0.39 is 0 Å². The summed E-state index contributed by atoms with van der Waals surface area (Å²) in [5.74, 6) is 0.779. The second-order valence-electron chi connectivity index (χ2n) is 4.57. The molecular formula is C14H13BrClNO. The highest BCUT2D eigenvalue weighted by Gasteiger charge is 2.20. The number of rotatable bonds is 4. The van der Waals surface area contributed by atoms with Gasteiger partial charge in [-0.3, -0.25) is 0 Å². The molecule has 1 fully saturated rings. The predicted octanol–water partition coefficient (Wildman–Crippen LogP) is 4.61. The smallest absolute Gasteiger partial charge is 0.149 e. The summed E-state index contributed by atoms with van der Waals surface area (Å²) in [7, 11) is 0. The summed E-state index contributed by atoms with van der Waals surface area (Å²) in [6, 6.07) is 8.68. The van der Waals surface area contributed by atoms with Gasteiger partial charge in [0.05, 0.1) is 15.8 Å². The van der Waals surface area contributed by atoms with E-state index in [1.165, 1.54) is 18.4 Å². The predicted molar refractivity (Wildman–Crippen MR) is 76.7 cm³/mol. The van der Waals surface area contributed by atoms with Crippen LogP contribution in [0.1, 0.15) is 18.4 Å².